The first-order chi connectivity index (χ1) is 11.5. The zero-order valence-corrected chi connectivity index (χ0v) is 14.6. The lowest BCUT2D eigenvalue weighted by molar-refractivity contribution is -0.160. The SMILES string of the molecule is C[C@@H](C[C@@H](C(=O)OC(C)(C)C)N1C(=O)c2ccccc2C1=O)C(=O)O. The molecule has 25 heavy (non-hydrogen) atoms. The highest BCUT2D eigenvalue weighted by atomic mass is 16.6. The largest absolute Gasteiger partial charge is 0.481 e. The number of aliphatic carboxylic acids is 1. The molecule has 2 atom stereocenters. The summed E-state index contributed by atoms with van der Waals surface area (Å²) in [5.41, 5.74) is -0.437. The summed E-state index contributed by atoms with van der Waals surface area (Å²) in [5.74, 6) is -4.08. The Balaban J connectivity index is 2.39. The first-order valence-corrected chi connectivity index (χ1v) is 7.95. The van der Waals surface area contributed by atoms with Crippen LogP contribution in [-0.2, 0) is 14.3 Å². The van der Waals surface area contributed by atoms with E-state index in [2.05, 4.69) is 0 Å². The average Bonchev–Trinajstić information content (AvgIpc) is 2.75. The molecule has 1 aliphatic rings. The topological polar surface area (TPSA) is 101 Å². The summed E-state index contributed by atoms with van der Waals surface area (Å²) in [6, 6.07) is 4.95. The van der Waals surface area contributed by atoms with Crippen LogP contribution in [0, 0.1) is 5.92 Å². The number of ether oxygens (including phenoxy) is 1. The van der Waals surface area contributed by atoms with Crippen LogP contribution in [0.5, 0.6) is 0 Å². The van der Waals surface area contributed by atoms with Gasteiger partial charge < -0.3 is 9.84 Å². The van der Waals surface area contributed by atoms with Crippen molar-refractivity contribution in [3.8, 4) is 0 Å². The molecule has 0 fully saturated rings. The highest BCUT2D eigenvalue weighted by Crippen LogP contribution is 2.28. The van der Waals surface area contributed by atoms with Gasteiger partial charge in [-0.15, -0.1) is 0 Å². The van der Waals surface area contributed by atoms with E-state index in [4.69, 9.17) is 9.84 Å². The molecule has 0 spiro atoms. The van der Waals surface area contributed by atoms with E-state index in [9.17, 15) is 19.2 Å². The Labute approximate surface area is 145 Å². The third kappa shape index (κ3) is 3.87. The molecule has 0 saturated heterocycles. The summed E-state index contributed by atoms with van der Waals surface area (Å²) in [5, 5.41) is 9.15. The van der Waals surface area contributed by atoms with Gasteiger partial charge in [-0.05, 0) is 39.3 Å². The van der Waals surface area contributed by atoms with E-state index >= 15 is 0 Å². The van der Waals surface area contributed by atoms with E-state index in [1.54, 1.807) is 32.9 Å². The number of esters is 1. The third-order valence-corrected chi connectivity index (χ3v) is 3.81. The maximum atomic E-state index is 12.6. The molecule has 0 radical (unpaired) electrons. The van der Waals surface area contributed by atoms with Crippen molar-refractivity contribution in [2.24, 2.45) is 5.92 Å². The van der Waals surface area contributed by atoms with Crippen molar-refractivity contribution in [2.75, 3.05) is 0 Å². The van der Waals surface area contributed by atoms with E-state index in [0.29, 0.717) is 0 Å². The summed E-state index contributed by atoms with van der Waals surface area (Å²) in [6.07, 6.45) is -0.213. The standard InChI is InChI=1S/C18H21NO6/c1-10(16(22)23)9-13(17(24)25-18(2,3)4)19-14(20)11-7-5-6-8-12(11)15(19)21/h5-8,10,13H,9H2,1-4H3,(H,22,23)/t10-,13-/m0/s1. The molecule has 2 rings (SSSR count). The Bertz CT molecular complexity index is 698. The second-order valence-electron chi connectivity index (χ2n) is 7.05. The minimum absolute atomic E-state index is 0.198. The number of fused-ring (bicyclic) bond motifs is 1. The fourth-order valence-corrected chi connectivity index (χ4v) is 2.60. The smallest absolute Gasteiger partial charge is 0.329 e. The van der Waals surface area contributed by atoms with E-state index in [1.165, 1.54) is 19.1 Å². The van der Waals surface area contributed by atoms with Gasteiger partial charge in [0.1, 0.15) is 11.6 Å². The number of nitrogens with zero attached hydrogens (tertiary/aromatic N) is 1. The van der Waals surface area contributed by atoms with Crippen LogP contribution in [0.1, 0.15) is 54.8 Å². The number of carbonyl (C=O) groups excluding carboxylic acids is 3. The molecule has 1 aliphatic heterocycles. The molecule has 1 aromatic rings. The van der Waals surface area contributed by atoms with Crippen molar-refractivity contribution in [2.45, 2.75) is 45.8 Å². The minimum atomic E-state index is -1.29. The molecule has 0 saturated carbocycles. The van der Waals surface area contributed by atoms with Gasteiger partial charge in [0.2, 0.25) is 0 Å². The molecular weight excluding hydrogens is 326 g/mol. The number of amides is 2. The van der Waals surface area contributed by atoms with E-state index in [-0.39, 0.29) is 17.5 Å². The Kier molecular flexibility index (Phi) is 4.97. The second-order valence-corrected chi connectivity index (χ2v) is 7.05. The molecule has 0 aromatic heterocycles. The van der Waals surface area contributed by atoms with Gasteiger partial charge in [-0.2, -0.15) is 0 Å². The summed E-state index contributed by atoms with van der Waals surface area (Å²) in [7, 11) is 0. The Morgan fingerprint density at radius 1 is 1.12 bits per heavy atom. The van der Waals surface area contributed by atoms with Gasteiger partial charge in [-0.3, -0.25) is 19.3 Å². The Hall–Kier alpha value is -2.70. The predicted octanol–water partition coefficient (Wildman–Crippen LogP) is 2.10. The highest BCUT2D eigenvalue weighted by Gasteiger charge is 2.45. The van der Waals surface area contributed by atoms with Crippen LogP contribution in [-0.4, -0.2) is 45.4 Å². The first kappa shape index (κ1) is 18.6. The van der Waals surface area contributed by atoms with Gasteiger partial charge in [0.05, 0.1) is 17.0 Å². The van der Waals surface area contributed by atoms with Crippen LogP contribution in [0.15, 0.2) is 24.3 Å². The summed E-state index contributed by atoms with van der Waals surface area (Å²) in [4.78, 5) is 49.8. The fraction of sp³-hybridized carbons (Fsp3) is 0.444. The summed E-state index contributed by atoms with van der Waals surface area (Å²) >= 11 is 0. The van der Waals surface area contributed by atoms with Gasteiger partial charge in [0.15, 0.2) is 0 Å². The fourth-order valence-electron chi connectivity index (χ4n) is 2.60. The summed E-state index contributed by atoms with van der Waals surface area (Å²) < 4.78 is 5.31. The van der Waals surface area contributed by atoms with Crippen molar-refractivity contribution in [1.29, 1.82) is 0 Å². The Morgan fingerprint density at radius 2 is 1.60 bits per heavy atom. The van der Waals surface area contributed by atoms with Crippen molar-refractivity contribution in [1.82, 2.24) is 4.90 Å². The van der Waals surface area contributed by atoms with E-state index in [0.717, 1.165) is 4.90 Å². The minimum Gasteiger partial charge on any atom is -0.481 e. The molecule has 2 amide bonds. The Morgan fingerprint density at radius 3 is 2.00 bits per heavy atom. The molecule has 7 nitrogen and oxygen atoms in total. The second kappa shape index (κ2) is 6.66. The van der Waals surface area contributed by atoms with Crippen LogP contribution in [0.4, 0.5) is 0 Å². The number of rotatable bonds is 5. The lowest BCUT2D eigenvalue weighted by atomic mass is 10.0. The molecule has 1 aromatic carbocycles. The number of carboxylic acids is 1. The number of hydrogen-bond acceptors (Lipinski definition) is 5. The maximum Gasteiger partial charge on any atom is 0.329 e. The van der Waals surface area contributed by atoms with Gasteiger partial charge in [-0.1, -0.05) is 19.1 Å². The normalized spacial score (nSPS) is 16.4. The highest BCUT2D eigenvalue weighted by molar-refractivity contribution is 6.22. The molecule has 0 unspecified atom stereocenters. The number of carboxylic acid groups (broad SMARTS) is 1. The zero-order valence-electron chi connectivity index (χ0n) is 14.6. The third-order valence-electron chi connectivity index (χ3n) is 3.81. The van der Waals surface area contributed by atoms with Gasteiger partial charge >= 0.3 is 11.9 Å². The number of imide groups is 1. The average molecular weight is 347 g/mol. The van der Waals surface area contributed by atoms with Crippen molar-refractivity contribution < 1.29 is 29.0 Å². The predicted molar refractivity (Wildman–Crippen MR) is 88.0 cm³/mol. The van der Waals surface area contributed by atoms with E-state index in [1.807, 2.05) is 0 Å². The van der Waals surface area contributed by atoms with Crippen molar-refractivity contribution in [3.63, 3.8) is 0 Å². The van der Waals surface area contributed by atoms with Crippen molar-refractivity contribution in [3.05, 3.63) is 35.4 Å². The van der Waals surface area contributed by atoms with Gasteiger partial charge in [-0.25, -0.2) is 4.79 Å². The molecule has 7 heteroatoms. The number of carbonyl (C=O) groups is 4. The van der Waals surface area contributed by atoms with Crippen molar-refractivity contribution >= 4 is 23.8 Å². The zero-order chi connectivity index (χ0) is 18.9. The van der Waals surface area contributed by atoms with Crippen LogP contribution >= 0.6 is 0 Å². The van der Waals surface area contributed by atoms with Crippen LogP contribution in [0.25, 0.3) is 0 Å². The van der Waals surface area contributed by atoms with Gasteiger partial charge in [0.25, 0.3) is 11.8 Å². The summed E-state index contributed by atoms with van der Waals surface area (Å²) in [6.45, 7) is 6.39. The molecule has 134 valence electrons. The maximum absolute atomic E-state index is 12.6. The lowest BCUT2D eigenvalue weighted by Gasteiger charge is -2.29. The van der Waals surface area contributed by atoms with Crippen LogP contribution in [0.2, 0.25) is 0 Å². The quantitative estimate of drug-likeness (QED) is 0.646. The number of benzene rings is 1. The van der Waals surface area contributed by atoms with Gasteiger partial charge in [0, 0.05) is 0 Å². The monoisotopic (exact) mass is 347 g/mol. The number of hydrogen-bond donors (Lipinski definition) is 1. The van der Waals surface area contributed by atoms with Crippen LogP contribution < -0.4 is 0 Å². The molecular formula is C18H21NO6. The lowest BCUT2D eigenvalue weighted by Crippen LogP contribution is -2.48. The van der Waals surface area contributed by atoms with Crippen LogP contribution in [0.3, 0.4) is 0 Å². The molecule has 0 bridgehead atoms. The molecule has 1 N–H and O–H groups in total. The first-order valence-electron chi connectivity index (χ1n) is 7.95. The molecule has 0 aliphatic carbocycles. The van der Waals surface area contributed by atoms with E-state index < -0.39 is 41.3 Å². The molecule has 1 heterocycles.